The molecule has 0 saturated carbocycles. The van der Waals surface area contributed by atoms with Crippen LogP contribution in [0.25, 0.3) is 0 Å². The molecule has 3 aliphatic rings. The van der Waals surface area contributed by atoms with Crippen LogP contribution in [0, 0.1) is 5.82 Å². The molecule has 7 nitrogen and oxygen atoms in total. The maximum Gasteiger partial charge on any atom is 0.237 e. The second kappa shape index (κ2) is 10.1. The van der Waals surface area contributed by atoms with Crippen LogP contribution < -0.4 is 10.6 Å². The van der Waals surface area contributed by atoms with Gasteiger partial charge in [0.25, 0.3) is 0 Å². The smallest absolute Gasteiger partial charge is 0.237 e. The summed E-state index contributed by atoms with van der Waals surface area (Å²) in [5.41, 5.74) is 1.02. The Labute approximate surface area is 183 Å². The predicted molar refractivity (Wildman–Crippen MR) is 115 cm³/mol. The van der Waals surface area contributed by atoms with Crippen molar-refractivity contribution in [3.8, 4) is 0 Å². The largest absolute Gasteiger partial charge is 0.383 e. The Morgan fingerprint density at radius 1 is 1.29 bits per heavy atom. The van der Waals surface area contributed by atoms with Gasteiger partial charge in [-0.25, -0.2) is 4.39 Å². The molecule has 2 N–H and O–H groups in total. The van der Waals surface area contributed by atoms with Crippen molar-refractivity contribution in [2.24, 2.45) is 0 Å². The SMILES string of the molecule is COCC1CCCN1C(=O)CCC1CNC(=O)C2CC(NCc3ccc(F)cc3)CN12. The Morgan fingerprint density at radius 2 is 2.10 bits per heavy atom. The number of nitrogens with zero attached hydrogens (tertiary/aromatic N) is 2. The Bertz CT molecular complexity index is 775. The summed E-state index contributed by atoms with van der Waals surface area (Å²) in [5.74, 6) is 0.0322. The predicted octanol–water partition coefficient (Wildman–Crippen LogP) is 1.27. The van der Waals surface area contributed by atoms with Gasteiger partial charge >= 0.3 is 0 Å². The van der Waals surface area contributed by atoms with Crippen LogP contribution in [-0.4, -0.2) is 79.1 Å². The maximum atomic E-state index is 13.1. The highest BCUT2D eigenvalue weighted by Crippen LogP contribution is 2.27. The van der Waals surface area contributed by atoms with Crippen molar-refractivity contribution in [3.63, 3.8) is 0 Å². The first-order valence-electron chi connectivity index (χ1n) is 11.3. The molecule has 3 aliphatic heterocycles. The number of methoxy groups -OCH3 is 1. The Hall–Kier alpha value is -2.03. The zero-order chi connectivity index (χ0) is 21.8. The van der Waals surface area contributed by atoms with Crippen LogP contribution in [0.3, 0.4) is 0 Å². The van der Waals surface area contributed by atoms with E-state index in [4.69, 9.17) is 4.74 Å². The van der Waals surface area contributed by atoms with Crippen LogP contribution >= 0.6 is 0 Å². The van der Waals surface area contributed by atoms with Gasteiger partial charge in [-0.15, -0.1) is 0 Å². The van der Waals surface area contributed by atoms with Gasteiger partial charge in [-0.1, -0.05) is 12.1 Å². The molecule has 4 rings (SSSR count). The number of halogens is 1. The van der Waals surface area contributed by atoms with E-state index in [1.54, 1.807) is 19.2 Å². The molecule has 1 aromatic carbocycles. The summed E-state index contributed by atoms with van der Waals surface area (Å²) < 4.78 is 18.4. The zero-order valence-electron chi connectivity index (χ0n) is 18.2. The summed E-state index contributed by atoms with van der Waals surface area (Å²) in [6.45, 7) is 3.44. The molecule has 1 aromatic rings. The number of amides is 2. The van der Waals surface area contributed by atoms with E-state index in [0.29, 0.717) is 26.1 Å². The average molecular weight is 433 g/mol. The van der Waals surface area contributed by atoms with E-state index in [0.717, 1.165) is 44.3 Å². The van der Waals surface area contributed by atoms with Gasteiger partial charge in [0.1, 0.15) is 5.82 Å². The first-order valence-corrected chi connectivity index (χ1v) is 11.3. The molecule has 0 spiro atoms. The van der Waals surface area contributed by atoms with E-state index >= 15 is 0 Å². The lowest BCUT2D eigenvalue weighted by atomic mass is 10.0. The molecule has 4 unspecified atom stereocenters. The number of benzene rings is 1. The number of fused-ring (bicyclic) bond motifs is 1. The zero-order valence-corrected chi connectivity index (χ0v) is 18.2. The Balaban J connectivity index is 1.30. The number of hydrogen-bond donors (Lipinski definition) is 2. The normalized spacial score (nSPS) is 28.6. The molecule has 0 radical (unpaired) electrons. The number of likely N-dealkylation sites (tertiary alicyclic amines) is 1. The molecule has 3 heterocycles. The third kappa shape index (κ3) is 5.25. The average Bonchev–Trinajstić information content (AvgIpc) is 3.41. The summed E-state index contributed by atoms with van der Waals surface area (Å²) in [6.07, 6.45) is 4.04. The summed E-state index contributed by atoms with van der Waals surface area (Å²) in [5, 5.41) is 6.54. The van der Waals surface area contributed by atoms with Crippen molar-refractivity contribution < 1.29 is 18.7 Å². The van der Waals surface area contributed by atoms with E-state index in [9.17, 15) is 14.0 Å². The molecule has 0 aliphatic carbocycles. The van der Waals surface area contributed by atoms with Crippen LogP contribution in [0.4, 0.5) is 4.39 Å². The third-order valence-electron chi connectivity index (χ3n) is 6.88. The lowest BCUT2D eigenvalue weighted by molar-refractivity contribution is -0.133. The summed E-state index contributed by atoms with van der Waals surface area (Å²) >= 11 is 0. The molecule has 31 heavy (non-hydrogen) atoms. The molecule has 4 atom stereocenters. The highest BCUT2D eigenvalue weighted by molar-refractivity contribution is 5.83. The van der Waals surface area contributed by atoms with Crippen LogP contribution in [0.2, 0.25) is 0 Å². The van der Waals surface area contributed by atoms with Crippen molar-refractivity contribution in [3.05, 3.63) is 35.6 Å². The van der Waals surface area contributed by atoms with Crippen molar-refractivity contribution >= 4 is 11.8 Å². The summed E-state index contributed by atoms with van der Waals surface area (Å²) in [7, 11) is 1.68. The maximum absolute atomic E-state index is 13.1. The molecule has 3 saturated heterocycles. The van der Waals surface area contributed by atoms with E-state index in [-0.39, 0.29) is 41.8 Å². The number of carbonyl (C=O) groups excluding carboxylic acids is 2. The number of ether oxygens (including phenoxy) is 1. The van der Waals surface area contributed by atoms with Gasteiger partial charge in [0.05, 0.1) is 18.7 Å². The van der Waals surface area contributed by atoms with Crippen molar-refractivity contribution in [1.29, 1.82) is 0 Å². The molecule has 2 amide bonds. The van der Waals surface area contributed by atoms with Gasteiger partial charge in [-0.05, 0) is 43.4 Å². The third-order valence-corrected chi connectivity index (χ3v) is 6.88. The van der Waals surface area contributed by atoms with Crippen molar-refractivity contribution in [2.45, 2.75) is 62.8 Å². The monoisotopic (exact) mass is 432 g/mol. The Morgan fingerprint density at radius 3 is 2.87 bits per heavy atom. The standard InChI is InChI=1S/C23H33FN4O3/c1-31-15-20-3-2-10-27(20)22(29)9-8-19-13-26-23(30)21-11-18(14-28(19)21)25-12-16-4-6-17(24)7-5-16/h4-7,18-21,25H,2-3,8-15H2,1H3,(H,26,30). The van der Waals surface area contributed by atoms with Crippen LogP contribution in [-0.2, 0) is 20.9 Å². The molecule has 3 fully saturated rings. The summed E-state index contributed by atoms with van der Waals surface area (Å²) in [6, 6.07) is 6.91. The van der Waals surface area contributed by atoms with E-state index in [1.807, 2.05) is 4.90 Å². The number of hydrogen-bond acceptors (Lipinski definition) is 5. The van der Waals surface area contributed by atoms with E-state index < -0.39 is 0 Å². The van der Waals surface area contributed by atoms with Crippen LogP contribution in [0.1, 0.15) is 37.7 Å². The number of piperazine rings is 1. The lowest BCUT2D eigenvalue weighted by Gasteiger charge is -2.37. The summed E-state index contributed by atoms with van der Waals surface area (Å²) in [4.78, 5) is 29.5. The van der Waals surface area contributed by atoms with Gasteiger partial charge < -0.3 is 20.3 Å². The molecular weight excluding hydrogens is 399 g/mol. The first kappa shape index (κ1) is 22.2. The van der Waals surface area contributed by atoms with E-state index in [2.05, 4.69) is 15.5 Å². The fraction of sp³-hybridized carbons (Fsp3) is 0.652. The number of nitrogens with one attached hydrogen (secondary N) is 2. The second-order valence-electron chi connectivity index (χ2n) is 8.93. The minimum absolute atomic E-state index is 0.0772. The van der Waals surface area contributed by atoms with Gasteiger partial charge in [-0.2, -0.15) is 0 Å². The fourth-order valence-corrected chi connectivity index (χ4v) is 5.22. The highest BCUT2D eigenvalue weighted by atomic mass is 19.1. The molecule has 8 heteroatoms. The Kier molecular flexibility index (Phi) is 7.20. The van der Waals surface area contributed by atoms with Crippen molar-refractivity contribution in [1.82, 2.24) is 20.4 Å². The topological polar surface area (TPSA) is 73.9 Å². The molecule has 170 valence electrons. The van der Waals surface area contributed by atoms with Crippen LogP contribution in [0.5, 0.6) is 0 Å². The van der Waals surface area contributed by atoms with Gasteiger partial charge in [0, 0.05) is 51.8 Å². The molecular formula is C23H33FN4O3. The van der Waals surface area contributed by atoms with Gasteiger partial charge in [0.15, 0.2) is 0 Å². The fourth-order valence-electron chi connectivity index (χ4n) is 5.22. The molecule has 0 aromatic heterocycles. The number of carbonyl (C=O) groups is 2. The van der Waals surface area contributed by atoms with Crippen molar-refractivity contribution in [2.75, 3.05) is 33.4 Å². The van der Waals surface area contributed by atoms with Gasteiger partial charge in [0.2, 0.25) is 11.8 Å². The van der Waals surface area contributed by atoms with Gasteiger partial charge in [-0.3, -0.25) is 14.5 Å². The highest BCUT2D eigenvalue weighted by Gasteiger charge is 2.43. The first-order chi connectivity index (χ1) is 15.0. The van der Waals surface area contributed by atoms with E-state index in [1.165, 1.54) is 12.1 Å². The number of rotatable bonds is 8. The molecule has 0 bridgehead atoms. The van der Waals surface area contributed by atoms with Crippen LogP contribution in [0.15, 0.2) is 24.3 Å². The quantitative estimate of drug-likeness (QED) is 0.647. The minimum atomic E-state index is -0.238. The second-order valence-corrected chi connectivity index (χ2v) is 8.93. The lowest BCUT2D eigenvalue weighted by Crippen LogP contribution is -2.58. The minimum Gasteiger partial charge on any atom is -0.383 e.